The van der Waals surface area contributed by atoms with Crippen molar-refractivity contribution in [3.05, 3.63) is 47.5 Å². The van der Waals surface area contributed by atoms with Gasteiger partial charge >= 0.3 is 12.4 Å². The monoisotopic (exact) mass is 407 g/mol. The van der Waals surface area contributed by atoms with Crippen LogP contribution in [0.2, 0.25) is 0 Å². The van der Waals surface area contributed by atoms with Crippen LogP contribution in [0.25, 0.3) is 0 Å². The Morgan fingerprint density at radius 2 is 1.71 bits per heavy atom. The van der Waals surface area contributed by atoms with E-state index in [0.29, 0.717) is 12.1 Å². The van der Waals surface area contributed by atoms with Gasteiger partial charge < -0.3 is 14.6 Å². The minimum atomic E-state index is -4.72. The van der Waals surface area contributed by atoms with Gasteiger partial charge in [0.15, 0.2) is 18.1 Å². The molecule has 0 saturated heterocycles. The molecular weight excluding hydrogens is 392 g/mol. The van der Waals surface area contributed by atoms with Crippen LogP contribution < -0.4 is 9.47 Å². The quantitative estimate of drug-likeness (QED) is 0.508. The number of halogens is 6. The minimum absolute atomic E-state index is 0.102. The molecule has 0 aliphatic carbocycles. The minimum Gasteiger partial charge on any atom is -0.504 e. The number of aliphatic imine (C=N–C) groups is 1. The number of ether oxygens (including phenoxy) is 2. The topological polar surface area (TPSA) is 51.0 Å². The molecule has 0 aliphatic rings. The highest BCUT2D eigenvalue weighted by Gasteiger charge is 2.32. The van der Waals surface area contributed by atoms with Crippen molar-refractivity contribution >= 4 is 11.9 Å². The fourth-order valence-electron chi connectivity index (χ4n) is 2.13. The molecular formula is C18H15F6NO3. The van der Waals surface area contributed by atoms with Gasteiger partial charge in [-0.2, -0.15) is 26.3 Å². The number of para-hydroxylation sites is 1. The summed E-state index contributed by atoms with van der Waals surface area (Å²) in [5, 5.41) is 10.1. The van der Waals surface area contributed by atoms with Gasteiger partial charge in [-0.1, -0.05) is 6.07 Å². The molecule has 10 heteroatoms. The molecule has 0 heterocycles. The van der Waals surface area contributed by atoms with Crippen LogP contribution >= 0.6 is 0 Å². The van der Waals surface area contributed by atoms with Crippen molar-refractivity contribution in [1.82, 2.24) is 0 Å². The van der Waals surface area contributed by atoms with E-state index >= 15 is 0 Å². The molecule has 0 unspecified atom stereocenters. The Balaban J connectivity index is 2.41. The van der Waals surface area contributed by atoms with Gasteiger partial charge in [-0.3, -0.25) is 4.99 Å². The Bertz CT molecular complexity index is 846. The zero-order valence-corrected chi connectivity index (χ0v) is 14.4. The zero-order valence-electron chi connectivity index (χ0n) is 14.4. The Labute approximate surface area is 156 Å². The summed E-state index contributed by atoms with van der Waals surface area (Å²) < 4.78 is 85.6. The van der Waals surface area contributed by atoms with Gasteiger partial charge in [0, 0.05) is 11.8 Å². The summed E-state index contributed by atoms with van der Waals surface area (Å²) in [6.45, 7) is 0.260. The molecule has 1 N–H and O–H groups in total. The first-order valence-electron chi connectivity index (χ1n) is 7.91. The standard InChI is InChI=1S/C18H15F6NO3/c1-2-27-15-5-3-4-11(16(15)26)9-25-13-8-12(18(22,23)24)6-7-14(13)28-10-17(19,20)21/h3-9,26H,2,10H2,1H3. The number of phenols is 1. The number of hydrogen-bond acceptors (Lipinski definition) is 4. The van der Waals surface area contributed by atoms with Gasteiger partial charge in [-0.05, 0) is 37.3 Å². The Hall–Kier alpha value is -2.91. The fraction of sp³-hybridized carbons (Fsp3) is 0.278. The predicted molar refractivity (Wildman–Crippen MR) is 89.5 cm³/mol. The summed E-state index contributed by atoms with van der Waals surface area (Å²) in [5.74, 6) is -0.663. The van der Waals surface area contributed by atoms with E-state index in [1.807, 2.05) is 0 Å². The molecule has 0 radical (unpaired) electrons. The molecule has 2 aromatic rings. The van der Waals surface area contributed by atoms with Gasteiger partial charge in [0.1, 0.15) is 11.4 Å². The van der Waals surface area contributed by atoms with Gasteiger partial charge in [-0.25, -0.2) is 0 Å². The number of phenolic OH excluding ortho intramolecular Hbond substituents is 1. The van der Waals surface area contributed by atoms with E-state index in [-0.39, 0.29) is 23.7 Å². The summed E-state index contributed by atoms with van der Waals surface area (Å²) in [6, 6.07) is 6.31. The van der Waals surface area contributed by atoms with Crippen molar-refractivity contribution < 1.29 is 40.9 Å². The summed E-state index contributed by atoms with van der Waals surface area (Å²) >= 11 is 0. The SMILES string of the molecule is CCOc1cccc(C=Nc2cc(C(F)(F)F)ccc2OCC(F)(F)F)c1O. The molecule has 0 spiro atoms. The summed E-state index contributed by atoms with van der Waals surface area (Å²) in [4.78, 5) is 3.78. The Morgan fingerprint density at radius 1 is 1.00 bits per heavy atom. The predicted octanol–water partition coefficient (Wildman–Crippen LogP) is 5.50. The third kappa shape index (κ3) is 5.80. The van der Waals surface area contributed by atoms with Gasteiger partial charge in [0.2, 0.25) is 0 Å². The normalized spacial score (nSPS) is 12.4. The van der Waals surface area contributed by atoms with Crippen LogP contribution in [0.1, 0.15) is 18.1 Å². The van der Waals surface area contributed by atoms with Gasteiger partial charge in [0.25, 0.3) is 0 Å². The van der Waals surface area contributed by atoms with Crippen LogP contribution in [-0.2, 0) is 6.18 Å². The fourth-order valence-corrected chi connectivity index (χ4v) is 2.13. The average Bonchev–Trinajstić information content (AvgIpc) is 2.59. The van der Waals surface area contributed by atoms with E-state index in [4.69, 9.17) is 4.74 Å². The van der Waals surface area contributed by atoms with E-state index in [2.05, 4.69) is 9.73 Å². The lowest BCUT2D eigenvalue weighted by Crippen LogP contribution is -2.19. The van der Waals surface area contributed by atoms with Gasteiger partial charge in [0.05, 0.1) is 12.2 Å². The molecule has 0 aliphatic heterocycles. The third-order valence-electron chi connectivity index (χ3n) is 3.35. The first-order valence-corrected chi connectivity index (χ1v) is 7.91. The highest BCUT2D eigenvalue weighted by atomic mass is 19.4. The molecule has 0 saturated carbocycles. The van der Waals surface area contributed by atoms with Crippen molar-refractivity contribution in [3.8, 4) is 17.2 Å². The van der Waals surface area contributed by atoms with Crippen LogP contribution in [0.4, 0.5) is 32.0 Å². The molecule has 0 amide bonds. The molecule has 152 valence electrons. The van der Waals surface area contributed by atoms with Crippen molar-refractivity contribution in [3.63, 3.8) is 0 Å². The highest BCUT2D eigenvalue weighted by molar-refractivity contribution is 5.87. The van der Waals surface area contributed by atoms with E-state index < -0.39 is 36.0 Å². The molecule has 2 rings (SSSR count). The van der Waals surface area contributed by atoms with Crippen LogP contribution in [0.5, 0.6) is 17.2 Å². The maximum absolute atomic E-state index is 12.9. The second kappa shape index (κ2) is 8.41. The smallest absolute Gasteiger partial charge is 0.422 e. The molecule has 0 fully saturated rings. The van der Waals surface area contributed by atoms with Crippen LogP contribution in [-0.4, -0.2) is 30.7 Å². The van der Waals surface area contributed by atoms with Crippen molar-refractivity contribution in [1.29, 1.82) is 0 Å². The van der Waals surface area contributed by atoms with E-state index in [1.165, 1.54) is 18.2 Å². The molecule has 0 bridgehead atoms. The maximum Gasteiger partial charge on any atom is 0.422 e. The summed E-state index contributed by atoms with van der Waals surface area (Å²) in [6.07, 6.45) is -8.38. The second-order valence-corrected chi connectivity index (χ2v) is 5.47. The lowest BCUT2D eigenvalue weighted by molar-refractivity contribution is -0.153. The van der Waals surface area contributed by atoms with Crippen molar-refractivity contribution in [2.75, 3.05) is 13.2 Å². The number of rotatable bonds is 6. The third-order valence-corrected chi connectivity index (χ3v) is 3.35. The molecule has 4 nitrogen and oxygen atoms in total. The number of nitrogens with zero attached hydrogens (tertiary/aromatic N) is 1. The first-order chi connectivity index (χ1) is 13.0. The number of aromatic hydroxyl groups is 1. The van der Waals surface area contributed by atoms with E-state index in [1.54, 1.807) is 6.92 Å². The Kier molecular flexibility index (Phi) is 6.42. The summed E-state index contributed by atoms with van der Waals surface area (Å²) in [5.41, 5.74) is -1.48. The lowest BCUT2D eigenvalue weighted by Gasteiger charge is -2.13. The molecule has 0 atom stereocenters. The second-order valence-electron chi connectivity index (χ2n) is 5.47. The zero-order chi connectivity index (χ0) is 20.9. The number of hydrogen-bond donors (Lipinski definition) is 1. The van der Waals surface area contributed by atoms with Crippen molar-refractivity contribution in [2.24, 2.45) is 4.99 Å². The van der Waals surface area contributed by atoms with Crippen molar-refractivity contribution in [2.45, 2.75) is 19.3 Å². The molecule has 28 heavy (non-hydrogen) atoms. The average molecular weight is 407 g/mol. The highest BCUT2D eigenvalue weighted by Crippen LogP contribution is 2.37. The summed E-state index contributed by atoms with van der Waals surface area (Å²) in [7, 11) is 0. The van der Waals surface area contributed by atoms with E-state index in [0.717, 1.165) is 12.3 Å². The maximum atomic E-state index is 12.9. The van der Waals surface area contributed by atoms with Gasteiger partial charge in [-0.15, -0.1) is 0 Å². The molecule has 0 aromatic heterocycles. The molecule has 2 aromatic carbocycles. The van der Waals surface area contributed by atoms with Crippen LogP contribution in [0.15, 0.2) is 41.4 Å². The van der Waals surface area contributed by atoms with Crippen LogP contribution in [0.3, 0.4) is 0 Å². The largest absolute Gasteiger partial charge is 0.504 e. The first kappa shape index (κ1) is 21.4. The van der Waals surface area contributed by atoms with Crippen LogP contribution in [0, 0.1) is 0 Å². The van der Waals surface area contributed by atoms with E-state index in [9.17, 15) is 31.4 Å². The number of benzene rings is 2. The number of alkyl halides is 6. The lowest BCUT2D eigenvalue weighted by atomic mass is 10.1. The Morgan fingerprint density at radius 3 is 2.32 bits per heavy atom.